The SMILES string of the molecule is CCN1C(=O)CCc2cc(NC(=O)c3cc(C)c(OCC(=O)O)c(C)c3)ccc21. The third kappa shape index (κ3) is 4.39. The second-order valence-corrected chi connectivity index (χ2v) is 7.06. The van der Waals surface area contributed by atoms with Crippen LogP contribution in [-0.4, -0.2) is 36.0 Å². The number of carbonyl (C=O) groups is 3. The zero-order valence-electron chi connectivity index (χ0n) is 16.7. The number of anilines is 2. The van der Waals surface area contributed by atoms with Gasteiger partial charge in [0.2, 0.25) is 5.91 Å². The maximum absolute atomic E-state index is 12.7. The number of aliphatic carboxylic acids is 1. The van der Waals surface area contributed by atoms with E-state index in [9.17, 15) is 14.4 Å². The molecule has 0 radical (unpaired) electrons. The van der Waals surface area contributed by atoms with E-state index >= 15 is 0 Å². The lowest BCUT2D eigenvalue weighted by atomic mass is 10.00. The van der Waals surface area contributed by atoms with Gasteiger partial charge in [-0.15, -0.1) is 0 Å². The monoisotopic (exact) mass is 396 g/mol. The zero-order valence-corrected chi connectivity index (χ0v) is 16.7. The molecule has 0 aliphatic carbocycles. The van der Waals surface area contributed by atoms with Crippen molar-refractivity contribution in [3.63, 3.8) is 0 Å². The van der Waals surface area contributed by atoms with Crippen LogP contribution in [0.3, 0.4) is 0 Å². The number of nitrogens with zero attached hydrogens (tertiary/aromatic N) is 1. The molecule has 0 fully saturated rings. The van der Waals surface area contributed by atoms with Gasteiger partial charge >= 0.3 is 5.97 Å². The molecule has 2 N–H and O–H groups in total. The fourth-order valence-electron chi connectivity index (χ4n) is 3.63. The molecule has 7 heteroatoms. The number of carboxylic acid groups (broad SMARTS) is 1. The summed E-state index contributed by atoms with van der Waals surface area (Å²) in [7, 11) is 0. The van der Waals surface area contributed by atoms with Gasteiger partial charge in [0.05, 0.1) is 0 Å². The number of amides is 2. The fourth-order valence-corrected chi connectivity index (χ4v) is 3.63. The van der Waals surface area contributed by atoms with Crippen molar-refractivity contribution in [1.29, 1.82) is 0 Å². The Morgan fingerprint density at radius 2 is 1.83 bits per heavy atom. The van der Waals surface area contributed by atoms with Crippen LogP contribution < -0.4 is 15.0 Å². The summed E-state index contributed by atoms with van der Waals surface area (Å²) in [5.74, 6) is -0.725. The molecule has 0 saturated carbocycles. The minimum absolute atomic E-state index is 0.118. The molecular weight excluding hydrogens is 372 g/mol. The third-order valence-electron chi connectivity index (χ3n) is 4.92. The van der Waals surface area contributed by atoms with Crippen LogP contribution in [0, 0.1) is 13.8 Å². The van der Waals surface area contributed by atoms with E-state index in [2.05, 4.69) is 5.32 Å². The summed E-state index contributed by atoms with van der Waals surface area (Å²) in [5, 5.41) is 11.7. The molecule has 2 aromatic carbocycles. The van der Waals surface area contributed by atoms with Gasteiger partial charge in [-0.2, -0.15) is 0 Å². The first-order chi connectivity index (χ1) is 13.8. The van der Waals surface area contributed by atoms with Gasteiger partial charge in [-0.1, -0.05) is 0 Å². The molecule has 29 heavy (non-hydrogen) atoms. The van der Waals surface area contributed by atoms with Crippen LogP contribution in [0.4, 0.5) is 11.4 Å². The van der Waals surface area contributed by atoms with E-state index in [4.69, 9.17) is 9.84 Å². The predicted molar refractivity (Wildman–Crippen MR) is 110 cm³/mol. The maximum atomic E-state index is 12.7. The lowest BCUT2D eigenvalue weighted by molar-refractivity contribution is -0.139. The van der Waals surface area contributed by atoms with Crippen LogP contribution in [0.25, 0.3) is 0 Å². The highest BCUT2D eigenvalue weighted by atomic mass is 16.5. The first-order valence-electron chi connectivity index (χ1n) is 9.50. The summed E-state index contributed by atoms with van der Waals surface area (Å²) in [6, 6.07) is 8.92. The second-order valence-electron chi connectivity index (χ2n) is 7.06. The standard InChI is InChI=1S/C22H24N2O5/c1-4-24-18-7-6-17(11-15(18)5-8-19(24)25)23-22(28)16-9-13(2)21(14(3)10-16)29-12-20(26)27/h6-7,9-11H,4-5,8,12H2,1-3H3,(H,23,28)(H,26,27). The Morgan fingerprint density at radius 1 is 1.14 bits per heavy atom. The topological polar surface area (TPSA) is 95.9 Å². The Kier molecular flexibility index (Phi) is 5.87. The van der Waals surface area contributed by atoms with Gasteiger partial charge < -0.3 is 20.1 Å². The largest absolute Gasteiger partial charge is 0.481 e. The number of hydrogen-bond donors (Lipinski definition) is 2. The smallest absolute Gasteiger partial charge is 0.341 e. The van der Waals surface area contributed by atoms with Gasteiger partial charge in [0.1, 0.15) is 5.75 Å². The number of ether oxygens (including phenoxy) is 1. The number of fused-ring (bicyclic) bond motifs is 1. The number of benzene rings is 2. The van der Waals surface area contributed by atoms with E-state index in [0.29, 0.717) is 47.5 Å². The zero-order chi connectivity index (χ0) is 21.1. The first-order valence-corrected chi connectivity index (χ1v) is 9.50. The molecule has 0 saturated heterocycles. The Bertz CT molecular complexity index is 960. The van der Waals surface area contributed by atoms with Gasteiger partial charge in [0.15, 0.2) is 6.61 Å². The minimum Gasteiger partial charge on any atom is -0.481 e. The Hall–Kier alpha value is -3.35. The number of carboxylic acids is 1. The van der Waals surface area contributed by atoms with Gasteiger partial charge in [0, 0.05) is 29.9 Å². The van der Waals surface area contributed by atoms with Gasteiger partial charge in [-0.3, -0.25) is 9.59 Å². The average Bonchev–Trinajstić information content (AvgIpc) is 2.67. The molecule has 0 spiro atoms. The minimum atomic E-state index is -1.05. The van der Waals surface area contributed by atoms with Crippen LogP contribution >= 0.6 is 0 Å². The number of nitrogens with one attached hydrogen (secondary N) is 1. The van der Waals surface area contributed by atoms with Crippen molar-refractivity contribution in [2.75, 3.05) is 23.4 Å². The molecule has 0 aromatic heterocycles. The number of aryl methyl sites for hydroxylation is 3. The van der Waals surface area contributed by atoms with Crippen molar-refractivity contribution in [2.45, 2.75) is 33.6 Å². The highest BCUT2D eigenvalue weighted by Gasteiger charge is 2.23. The lowest BCUT2D eigenvalue weighted by Crippen LogP contribution is -2.34. The first kappa shape index (κ1) is 20.4. The predicted octanol–water partition coefficient (Wildman–Crippen LogP) is 3.32. The Morgan fingerprint density at radius 3 is 2.45 bits per heavy atom. The van der Waals surface area contributed by atoms with E-state index in [1.54, 1.807) is 36.9 Å². The van der Waals surface area contributed by atoms with E-state index < -0.39 is 12.6 Å². The molecule has 0 atom stereocenters. The average molecular weight is 396 g/mol. The molecule has 0 bridgehead atoms. The van der Waals surface area contributed by atoms with Gasteiger partial charge in [-0.05, 0) is 74.2 Å². The van der Waals surface area contributed by atoms with Crippen molar-refractivity contribution >= 4 is 29.2 Å². The molecule has 7 nitrogen and oxygen atoms in total. The quantitative estimate of drug-likeness (QED) is 0.781. The molecule has 1 aliphatic rings. The molecule has 2 amide bonds. The number of rotatable bonds is 6. The van der Waals surface area contributed by atoms with Crippen molar-refractivity contribution in [3.05, 3.63) is 52.6 Å². The van der Waals surface area contributed by atoms with Crippen LogP contribution in [0.2, 0.25) is 0 Å². The summed E-state index contributed by atoms with van der Waals surface area (Å²) in [6.45, 7) is 5.68. The summed E-state index contributed by atoms with van der Waals surface area (Å²) in [6.07, 6.45) is 1.12. The van der Waals surface area contributed by atoms with Gasteiger partial charge in [-0.25, -0.2) is 4.79 Å². The summed E-state index contributed by atoms with van der Waals surface area (Å²) < 4.78 is 5.31. The number of hydrogen-bond acceptors (Lipinski definition) is 4. The summed E-state index contributed by atoms with van der Waals surface area (Å²) >= 11 is 0. The molecule has 2 aromatic rings. The van der Waals surface area contributed by atoms with E-state index in [0.717, 1.165) is 11.3 Å². The number of carbonyl (C=O) groups excluding carboxylic acids is 2. The maximum Gasteiger partial charge on any atom is 0.341 e. The lowest BCUT2D eigenvalue weighted by Gasteiger charge is -2.28. The fraction of sp³-hybridized carbons (Fsp3) is 0.318. The van der Waals surface area contributed by atoms with E-state index in [1.807, 2.05) is 19.1 Å². The summed E-state index contributed by atoms with van der Waals surface area (Å²) in [5.41, 5.74) is 4.45. The second kappa shape index (κ2) is 8.34. The summed E-state index contributed by atoms with van der Waals surface area (Å²) in [4.78, 5) is 37.2. The van der Waals surface area contributed by atoms with Crippen molar-refractivity contribution in [3.8, 4) is 5.75 Å². The molecule has 1 heterocycles. The van der Waals surface area contributed by atoms with Crippen molar-refractivity contribution in [2.24, 2.45) is 0 Å². The van der Waals surface area contributed by atoms with E-state index in [-0.39, 0.29) is 11.8 Å². The van der Waals surface area contributed by atoms with Crippen molar-refractivity contribution in [1.82, 2.24) is 0 Å². The Labute approximate surface area is 169 Å². The van der Waals surface area contributed by atoms with Crippen LogP contribution in [0.5, 0.6) is 5.75 Å². The molecule has 1 aliphatic heterocycles. The highest BCUT2D eigenvalue weighted by molar-refractivity contribution is 6.05. The van der Waals surface area contributed by atoms with Gasteiger partial charge in [0.25, 0.3) is 5.91 Å². The normalized spacial score (nSPS) is 13.1. The molecular formula is C22H24N2O5. The molecule has 3 rings (SSSR count). The van der Waals surface area contributed by atoms with Crippen LogP contribution in [-0.2, 0) is 16.0 Å². The highest BCUT2D eigenvalue weighted by Crippen LogP contribution is 2.31. The van der Waals surface area contributed by atoms with E-state index in [1.165, 1.54) is 0 Å². The third-order valence-corrected chi connectivity index (χ3v) is 4.92. The molecule has 0 unspecified atom stereocenters. The van der Waals surface area contributed by atoms with Crippen molar-refractivity contribution < 1.29 is 24.2 Å². The van der Waals surface area contributed by atoms with Crippen LogP contribution in [0.15, 0.2) is 30.3 Å². The molecule has 152 valence electrons. The van der Waals surface area contributed by atoms with Crippen LogP contribution in [0.1, 0.15) is 40.4 Å². The Balaban J connectivity index is 1.79.